The van der Waals surface area contributed by atoms with E-state index in [2.05, 4.69) is 43.9 Å². The maximum absolute atomic E-state index is 6.10. The number of rotatable bonds is 5. The molecule has 0 aliphatic carbocycles. The molecule has 2 N–H and O–H groups in total. The molecule has 1 rings (SSSR count). The minimum Gasteiger partial charge on any atom is -0.397 e. The van der Waals surface area contributed by atoms with E-state index < -0.39 is 0 Å². The summed E-state index contributed by atoms with van der Waals surface area (Å²) in [5.41, 5.74) is 9.40. The molecule has 0 spiro atoms. The molecule has 84 valence electrons. The number of hydrogen-bond donors (Lipinski definition) is 1. The molecule has 0 fully saturated rings. The van der Waals surface area contributed by atoms with E-state index in [1.165, 1.54) is 11.3 Å². The number of anilines is 2. The van der Waals surface area contributed by atoms with Crippen LogP contribution in [0, 0.1) is 6.92 Å². The molecule has 0 aliphatic rings. The molecule has 0 heterocycles. The SMILES string of the molecule is CCCN(CCC)c1cccc(C)c1N. The number of benzene rings is 1. The summed E-state index contributed by atoms with van der Waals surface area (Å²) in [6.45, 7) is 8.64. The second-order valence-corrected chi connectivity index (χ2v) is 3.99. The highest BCUT2D eigenvalue weighted by Crippen LogP contribution is 2.26. The second kappa shape index (κ2) is 5.64. The van der Waals surface area contributed by atoms with Gasteiger partial charge in [0.15, 0.2) is 0 Å². The Morgan fingerprint density at radius 2 is 1.73 bits per heavy atom. The number of hydrogen-bond acceptors (Lipinski definition) is 2. The molecule has 0 saturated carbocycles. The van der Waals surface area contributed by atoms with Crippen LogP contribution in [0.1, 0.15) is 32.3 Å². The Bertz CT molecular complexity index is 301. The maximum atomic E-state index is 6.10. The van der Waals surface area contributed by atoms with Crippen LogP contribution in [-0.2, 0) is 0 Å². The molecule has 2 nitrogen and oxygen atoms in total. The first-order valence-corrected chi connectivity index (χ1v) is 5.80. The molecular weight excluding hydrogens is 184 g/mol. The first kappa shape index (κ1) is 11.9. The molecular formula is C13H22N2. The molecule has 0 aromatic heterocycles. The number of para-hydroxylation sites is 1. The van der Waals surface area contributed by atoms with Gasteiger partial charge >= 0.3 is 0 Å². The van der Waals surface area contributed by atoms with Crippen molar-refractivity contribution in [3.8, 4) is 0 Å². The van der Waals surface area contributed by atoms with Crippen molar-refractivity contribution >= 4 is 11.4 Å². The van der Waals surface area contributed by atoms with Gasteiger partial charge in [-0.15, -0.1) is 0 Å². The fourth-order valence-corrected chi connectivity index (χ4v) is 1.83. The van der Waals surface area contributed by atoms with Gasteiger partial charge in [-0.3, -0.25) is 0 Å². The van der Waals surface area contributed by atoms with Crippen LogP contribution in [-0.4, -0.2) is 13.1 Å². The van der Waals surface area contributed by atoms with E-state index >= 15 is 0 Å². The third-order valence-electron chi connectivity index (χ3n) is 2.63. The van der Waals surface area contributed by atoms with Gasteiger partial charge in [0, 0.05) is 13.1 Å². The first-order valence-electron chi connectivity index (χ1n) is 5.80. The van der Waals surface area contributed by atoms with Crippen molar-refractivity contribution in [3.05, 3.63) is 23.8 Å². The summed E-state index contributed by atoms with van der Waals surface area (Å²) in [5.74, 6) is 0. The lowest BCUT2D eigenvalue weighted by atomic mass is 10.1. The summed E-state index contributed by atoms with van der Waals surface area (Å²) in [6.07, 6.45) is 2.32. The molecule has 0 saturated heterocycles. The normalized spacial score (nSPS) is 10.3. The molecule has 0 unspecified atom stereocenters. The number of aryl methyl sites for hydroxylation is 1. The van der Waals surface area contributed by atoms with E-state index in [1.54, 1.807) is 0 Å². The van der Waals surface area contributed by atoms with Gasteiger partial charge in [-0.05, 0) is 31.4 Å². The summed E-state index contributed by atoms with van der Waals surface area (Å²) in [5, 5.41) is 0. The summed E-state index contributed by atoms with van der Waals surface area (Å²) < 4.78 is 0. The van der Waals surface area contributed by atoms with Crippen LogP contribution in [0.25, 0.3) is 0 Å². The summed E-state index contributed by atoms with van der Waals surface area (Å²) >= 11 is 0. The fraction of sp³-hybridized carbons (Fsp3) is 0.538. The Balaban J connectivity index is 2.94. The minimum atomic E-state index is 0.930. The Labute approximate surface area is 93.1 Å². The molecule has 0 radical (unpaired) electrons. The van der Waals surface area contributed by atoms with Gasteiger partial charge < -0.3 is 10.6 Å². The van der Waals surface area contributed by atoms with Gasteiger partial charge in [-0.25, -0.2) is 0 Å². The van der Waals surface area contributed by atoms with Crippen molar-refractivity contribution in [2.45, 2.75) is 33.6 Å². The zero-order valence-corrected chi connectivity index (χ0v) is 10.1. The van der Waals surface area contributed by atoms with Crippen molar-refractivity contribution < 1.29 is 0 Å². The van der Waals surface area contributed by atoms with Gasteiger partial charge in [0.25, 0.3) is 0 Å². The van der Waals surface area contributed by atoms with E-state index in [0.29, 0.717) is 0 Å². The van der Waals surface area contributed by atoms with Crippen molar-refractivity contribution in [3.63, 3.8) is 0 Å². The quantitative estimate of drug-likeness (QED) is 0.750. The molecule has 0 atom stereocenters. The van der Waals surface area contributed by atoms with Crippen LogP contribution in [0.15, 0.2) is 18.2 Å². The third kappa shape index (κ3) is 2.88. The van der Waals surface area contributed by atoms with Crippen molar-refractivity contribution in [1.29, 1.82) is 0 Å². The van der Waals surface area contributed by atoms with Crippen molar-refractivity contribution in [2.24, 2.45) is 0 Å². The van der Waals surface area contributed by atoms with Crippen LogP contribution >= 0.6 is 0 Å². The Kier molecular flexibility index (Phi) is 4.47. The van der Waals surface area contributed by atoms with Crippen LogP contribution in [0.4, 0.5) is 11.4 Å². The van der Waals surface area contributed by atoms with Gasteiger partial charge in [0.05, 0.1) is 11.4 Å². The summed E-state index contributed by atoms with van der Waals surface area (Å²) in [6, 6.07) is 6.27. The number of nitrogens with two attached hydrogens (primary N) is 1. The lowest BCUT2D eigenvalue weighted by Gasteiger charge is -2.25. The number of nitrogen functional groups attached to an aromatic ring is 1. The highest BCUT2D eigenvalue weighted by atomic mass is 15.1. The zero-order valence-electron chi connectivity index (χ0n) is 10.1. The van der Waals surface area contributed by atoms with E-state index in [9.17, 15) is 0 Å². The zero-order chi connectivity index (χ0) is 11.3. The lowest BCUT2D eigenvalue weighted by Crippen LogP contribution is -2.25. The predicted molar refractivity (Wildman–Crippen MR) is 68.4 cm³/mol. The van der Waals surface area contributed by atoms with E-state index in [4.69, 9.17) is 5.73 Å². The van der Waals surface area contributed by atoms with Crippen molar-refractivity contribution in [1.82, 2.24) is 0 Å². The summed E-state index contributed by atoms with van der Waals surface area (Å²) in [7, 11) is 0. The van der Waals surface area contributed by atoms with E-state index in [0.717, 1.165) is 31.6 Å². The third-order valence-corrected chi connectivity index (χ3v) is 2.63. The monoisotopic (exact) mass is 206 g/mol. The predicted octanol–water partition coefficient (Wildman–Crippen LogP) is 3.20. The van der Waals surface area contributed by atoms with Crippen LogP contribution in [0.3, 0.4) is 0 Å². The molecule has 0 amide bonds. The van der Waals surface area contributed by atoms with Crippen LogP contribution < -0.4 is 10.6 Å². The molecule has 15 heavy (non-hydrogen) atoms. The lowest BCUT2D eigenvalue weighted by molar-refractivity contribution is 0.745. The van der Waals surface area contributed by atoms with Gasteiger partial charge in [-0.2, -0.15) is 0 Å². The molecule has 2 heteroatoms. The van der Waals surface area contributed by atoms with E-state index in [1.807, 2.05) is 0 Å². The smallest absolute Gasteiger partial charge is 0.0602 e. The first-order chi connectivity index (χ1) is 7.20. The minimum absolute atomic E-state index is 0.930. The molecule has 1 aromatic carbocycles. The van der Waals surface area contributed by atoms with Gasteiger partial charge in [0.1, 0.15) is 0 Å². The molecule has 0 bridgehead atoms. The molecule has 1 aromatic rings. The van der Waals surface area contributed by atoms with Crippen molar-refractivity contribution in [2.75, 3.05) is 23.7 Å². The summed E-state index contributed by atoms with van der Waals surface area (Å²) in [4.78, 5) is 2.38. The topological polar surface area (TPSA) is 29.3 Å². The van der Waals surface area contributed by atoms with Gasteiger partial charge in [0.2, 0.25) is 0 Å². The average Bonchev–Trinajstić information content (AvgIpc) is 2.22. The maximum Gasteiger partial charge on any atom is 0.0602 e. The molecule has 0 aliphatic heterocycles. The number of nitrogens with zero attached hydrogens (tertiary/aromatic N) is 1. The fourth-order valence-electron chi connectivity index (χ4n) is 1.83. The average molecular weight is 206 g/mol. The standard InChI is InChI=1S/C13H22N2/c1-4-9-15(10-5-2)12-8-6-7-11(3)13(12)14/h6-8H,4-5,9-10,14H2,1-3H3. The van der Waals surface area contributed by atoms with Crippen LogP contribution in [0.2, 0.25) is 0 Å². The Morgan fingerprint density at radius 3 is 2.27 bits per heavy atom. The van der Waals surface area contributed by atoms with Crippen LogP contribution in [0.5, 0.6) is 0 Å². The Hall–Kier alpha value is -1.18. The second-order valence-electron chi connectivity index (χ2n) is 3.99. The van der Waals surface area contributed by atoms with E-state index in [-0.39, 0.29) is 0 Å². The largest absolute Gasteiger partial charge is 0.397 e. The Morgan fingerprint density at radius 1 is 1.13 bits per heavy atom. The highest BCUT2D eigenvalue weighted by Gasteiger charge is 2.08. The van der Waals surface area contributed by atoms with Gasteiger partial charge in [-0.1, -0.05) is 26.0 Å². The highest BCUT2D eigenvalue weighted by molar-refractivity contribution is 5.70.